The van der Waals surface area contributed by atoms with Crippen molar-refractivity contribution in [3.05, 3.63) is 94.0 Å². The van der Waals surface area contributed by atoms with Crippen LogP contribution in [0, 0.1) is 0 Å². The van der Waals surface area contributed by atoms with Crippen molar-refractivity contribution in [2.24, 2.45) is 5.10 Å². The van der Waals surface area contributed by atoms with E-state index in [-0.39, 0.29) is 17.1 Å². The molecule has 0 fully saturated rings. The molecule has 0 heterocycles. The highest BCUT2D eigenvalue weighted by Crippen LogP contribution is 2.22. The van der Waals surface area contributed by atoms with Crippen LogP contribution in [0.1, 0.15) is 32.7 Å². The van der Waals surface area contributed by atoms with Gasteiger partial charge in [0.2, 0.25) is 0 Å². The van der Waals surface area contributed by atoms with Crippen molar-refractivity contribution in [1.82, 2.24) is 5.43 Å². The van der Waals surface area contributed by atoms with E-state index in [4.69, 9.17) is 0 Å². The van der Waals surface area contributed by atoms with E-state index in [1.54, 1.807) is 30.3 Å². The molecule has 1 aliphatic carbocycles. The Morgan fingerprint density at radius 3 is 2.23 bits per heavy atom. The number of Topliss-reactive ketones (excluding diaryl/α,β-unsaturated/α-hetero) is 1. The van der Waals surface area contributed by atoms with Gasteiger partial charge in [-0.25, -0.2) is 13.8 Å². The summed E-state index contributed by atoms with van der Waals surface area (Å²) in [5.74, 6) is -0.502. The van der Waals surface area contributed by atoms with Crippen molar-refractivity contribution >= 4 is 49.0 Å². The number of anilines is 1. The van der Waals surface area contributed by atoms with Crippen molar-refractivity contribution in [2.45, 2.75) is 11.3 Å². The molecule has 0 radical (unpaired) electrons. The van der Waals surface area contributed by atoms with Gasteiger partial charge in [0.15, 0.2) is 5.78 Å². The van der Waals surface area contributed by atoms with E-state index in [2.05, 4.69) is 31.2 Å². The minimum absolute atomic E-state index is 0.0361. The van der Waals surface area contributed by atoms with E-state index in [9.17, 15) is 18.0 Å². The minimum Gasteiger partial charge on any atom is -0.294 e. The largest absolute Gasteiger partial charge is 0.294 e. The Balaban J connectivity index is 1.44. The second-order valence-electron chi connectivity index (χ2n) is 6.78. The molecule has 0 aliphatic heterocycles. The number of ketones is 1. The Bertz CT molecular complexity index is 1300. The van der Waals surface area contributed by atoms with E-state index in [1.807, 2.05) is 6.07 Å². The maximum absolute atomic E-state index is 12.5. The molecular formula is C22H16BrN3O4S. The zero-order valence-electron chi connectivity index (χ0n) is 16.0. The lowest BCUT2D eigenvalue weighted by Crippen LogP contribution is -2.19. The molecular weight excluding hydrogens is 482 g/mol. The monoisotopic (exact) mass is 497 g/mol. The van der Waals surface area contributed by atoms with Crippen LogP contribution in [0.25, 0.3) is 0 Å². The first-order chi connectivity index (χ1) is 14.8. The Morgan fingerprint density at radius 1 is 0.903 bits per heavy atom. The van der Waals surface area contributed by atoms with Gasteiger partial charge in [-0.1, -0.05) is 40.2 Å². The quantitative estimate of drug-likeness (QED) is 0.520. The van der Waals surface area contributed by atoms with Gasteiger partial charge in [-0.15, -0.1) is 0 Å². The summed E-state index contributed by atoms with van der Waals surface area (Å²) < 4.78 is 28.2. The molecule has 0 unspecified atom stereocenters. The van der Waals surface area contributed by atoms with E-state index >= 15 is 0 Å². The second-order valence-corrected chi connectivity index (χ2v) is 9.38. The first kappa shape index (κ1) is 21.0. The number of carbonyl (C=O) groups is 2. The number of sulfonamides is 1. The molecule has 0 spiro atoms. The molecule has 1 aliphatic rings. The molecule has 3 aromatic rings. The van der Waals surface area contributed by atoms with Crippen LogP contribution < -0.4 is 10.1 Å². The number of hydrazone groups is 1. The van der Waals surface area contributed by atoms with Crippen LogP contribution in [-0.4, -0.2) is 25.8 Å². The lowest BCUT2D eigenvalue weighted by molar-refractivity contribution is 0.0952. The minimum atomic E-state index is -3.74. The van der Waals surface area contributed by atoms with E-state index in [0.29, 0.717) is 28.1 Å². The van der Waals surface area contributed by atoms with Gasteiger partial charge in [-0.2, -0.15) is 5.10 Å². The predicted octanol–water partition coefficient (Wildman–Crippen LogP) is 3.97. The summed E-state index contributed by atoms with van der Waals surface area (Å²) in [5, 5.41) is 4.10. The van der Waals surface area contributed by atoms with Gasteiger partial charge in [0.05, 0.1) is 17.0 Å². The number of halogens is 1. The number of rotatable bonds is 5. The van der Waals surface area contributed by atoms with E-state index in [1.165, 1.54) is 36.4 Å². The topological polar surface area (TPSA) is 105 Å². The number of fused-ring (bicyclic) bond motifs is 1. The average Bonchev–Trinajstić information content (AvgIpc) is 3.08. The molecule has 3 aromatic carbocycles. The summed E-state index contributed by atoms with van der Waals surface area (Å²) in [6.45, 7) is 0. The fraction of sp³-hybridized carbons (Fsp3) is 0.0455. The smallest absolute Gasteiger partial charge is 0.271 e. The average molecular weight is 498 g/mol. The number of benzene rings is 3. The third-order valence-corrected chi connectivity index (χ3v) is 6.61. The van der Waals surface area contributed by atoms with Crippen LogP contribution >= 0.6 is 15.9 Å². The van der Waals surface area contributed by atoms with Gasteiger partial charge in [-0.05, 0) is 48.5 Å². The van der Waals surface area contributed by atoms with Gasteiger partial charge in [-0.3, -0.25) is 14.3 Å². The highest BCUT2D eigenvalue weighted by atomic mass is 79.9. The molecule has 4 rings (SSSR count). The van der Waals surface area contributed by atoms with Crippen molar-refractivity contribution in [1.29, 1.82) is 0 Å². The number of carbonyl (C=O) groups excluding carboxylic acids is 2. The molecule has 156 valence electrons. The molecule has 0 bridgehead atoms. The maximum atomic E-state index is 12.5. The standard InChI is InChI=1S/C22H16BrN3O4S/c23-15-7-11-17(12-8-15)31(29,30)26-16-9-5-14(6-10-16)22(28)25-24-20-13-21(27)19-4-2-1-3-18(19)20/h1-12,26H,13H2,(H,25,28)/b24-20+. The molecule has 0 saturated heterocycles. The summed E-state index contributed by atoms with van der Waals surface area (Å²) in [7, 11) is -3.74. The Labute approximate surface area is 187 Å². The molecule has 9 heteroatoms. The number of amides is 1. The molecule has 7 nitrogen and oxygen atoms in total. The fourth-order valence-electron chi connectivity index (χ4n) is 3.12. The molecule has 0 saturated carbocycles. The molecule has 1 amide bonds. The highest BCUT2D eigenvalue weighted by molar-refractivity contribution is 9.10. The van der Waals surface area contributed by atoms with Crippen LogP contribution in [0.2, 0.25) is 0 Å². The van der Waals surface area contributed by atoms with Crippen LogP contribution in [0.5, 0.6) is 0 Å². The van der Waals surface area contributed by atoms with Crippen molar-refractivity contribution in [2.75, 3.05) is 4.72 Å². The summed E-state index contributed by atoms with van der Waals surface area (Å²) >= 11 is 3.27. The van der Waals surface area contributed by atoms with Crippen LogP contribution in [0.4, 0.5) is 5.69 Å². The lowest BCUT2D eigenvalue weighted by Gasteiger charge is -2.09. The van der Waals surface area contributed by atoms with Gasteiger partial charge in [0, 0.05) is 26.9 Å². The van der Waals surface area contributed by atoms with Crippen molar-refractivity contribution in [3.8, 4) is 0 Å². The Morgan fingerprint density at radius 2 is 1.55 bits per heavy atom. The summed E-state index contributed by atoms with van der Waals surface area (Å²) in [5.41, 5.74) is 4.89. The number of hydrogen-bond donors (Lipinski definition) is 2. The predicted molar refractivity (Wildman–Crippen MR) is 121 cm³/mol. The molecule has 0 atom stereocenters. The first-order valence-corrected chi connectivity index (χ1v) is 11.5. The molecule has 0 aromatic heterocycles. The molecule has 2 N–H and O–H groups in total. The van der Waals surface area contributed by atoms with Crippen molar-refractivity contribution < 1.29 is 18.0 Å². The molecule has 31 heavy (non-hydrogen) atoms. The van der Waals surface area contributed by atoms with Crippen LogP contribution in [0.15, 0.2) is 87.3 Å². The van der Waals surface area contributed by atoms with Gasteiger partial charge >= 0.3 is 0 Å². The summed E-state index contributed by atoms with van der Waals surface area (Å²) in [6.07, 6.45) is 0.135. The summed E-state index contributed by atoms with van der Waals surface area (Å²) in [6, 6.07) is 19.3. The lowest BCUT2D eigenvalue weighted by atomic mass is 10.1. The van der Waals surface area contributed by atoms with Gasteiger partial charge < -0.3 is 0 Å². The van der Waals surface area contributed by atoms with Crippen LogP contribution in [-0.2, 0) is 10.0 Å². The van der Waals surface area contributed by atoms with E-state index < -0.39 is 15.9 Å². The second kappa shape index (κ2) is 8.44. The summed E-state index contributed by atoms with van der Waals surface area (Å²) in [4.78, 5) is 24.5. The van der Waals surface area contributed by atoms with Crippen LogP contribution in [0.3, 0.4) is 0 Å². The van der Waals surface area contributed by atoms with Crippen molar-refractivity contribution in [3.63, 3.8) is 0 Å². The zero-order valence-corrected chi connectivity index (χ0v) is 18.4. The maximum Gasteiger partial charge on any atom is 0.271 e. The van der Waals surface area contributed by atoms with Gasteiger partial charge in [0.1, 0.15) is 0 Å². The van der Waals surface area contributed by atoms with Gasteiger partial charge in [0.25, 0.3) is 15.9 Å². The highest BCUT2D eigenvalue weighted by Gasteiger charge is 2.25. The number of nitrogens with zero attached hydrogens (tertiary/aromatic N) is 1. The number of nitrogens with one attached hydrogen (secondary N) is 2. The third kappa shape index (κ3) is 4.57. The first-order valence-electron chi connectivity index (χ1n) is 9.21. The fourth-order valence-corrected chi connectivity index (χ4v) is 4.44. The SMILES string of the molecule is O=C(N/N=C1\CC(=O)c2ccccc21)c1ccc(NS(=O)(=O)c2ccc(Br)cc2)cc1. The number of hydrogen-bond acceptors (Lipinski definition) is 5. The Hall–Kier alpha value is -3.30. The van der Waals surface area contributed by atoms with E-state index in [0.717, 1.165) is 4.47 Å². The Kier molecular flexibility index (Phi) is 5.71. The third-order valence-electron chi connectivity index (χ3n) is 4.68. The zero-order chi connectivity index (χ0) is 22.0. The normalized spacial score (nSPS) is 14.4.